The van der Waals surface area contributed by atoms with Crippen LogP contribution >= 0.6 is 0 Å². The predicted octanol–water partition coefficient (Wildman–Crippen LogP) is 8.87. The summed E-state index contributed by atoms with van der Waals surface area (Å²) in [4.78, 5) is 17.1. The van der Waals surface area contributed by atoms with E-state index in [9.17, 15) is 9.90 Å². The van der Waals surface area contributed by atoms with Gasteiger partial charge in [0.15, 0.2) is 0 Å². The Morgan fingerprint density at radius 1 is 0.846 bits per heavy atom. The number of nitrogens with zero attached hydrogens (tertiary/aromatic N) is 1. The third-order valence-corrected chi connectivity index (χ3v) is 6.97. The highest BCUT2D eigenvalue weighted by molar-refractivity contribution is 6.05. The van der Waals surface area contributed by atoms with E-state index in [1.165, 1.54) is 18.4 Å². The largest absolute Gasteiger partial charge is 0.478 e. The SMILES string of the molecule is C=CCNc1cccc(-c2ccc3nc(-c4ccc(-c5ccc(CCCC)cc5)cc4)cc(C(=O)O)c3c2)c1. The molecule has 0 unspecified atom stereocenters. The molecule has 5 aromatic rings. The second-order valence-corrected chi connectivity index (χ2v) is 9.72. The molecular formula is C35H32N2O2. The van der Waals surface area contributed by atoms with Gasteiger partial charge in [0, 0.05) is 23.2 Å². The van der Waals surface area contributed by atoms with Gasteiger partial charge in [-0.15, -0.1) is 6.58 Å². The number of aryl methyl sites for hydroxylation is 1. The number of aromatic nitrogens is 1. The summed E-state index contributed by atoms with van der Waals surface area (Å²) in [5.74, 6) is -0.970. The summed E-state index contributed by atoms with van der Waals surface area (Å²) < 4.78 is 0. The van der Waals surface area contributed by atoms with Gasteiger partial charge >= 0.3 is 5.97 Å². The van der Waals surface area contributed by atoms with E-state index in [0.29, 0.717) is 23.1 Å². The Balaban J connectivity index is 1.46. The van der Waals surface area contributed by atoms with Crippen molar-refractivity contribution in [3.8, 4) is 33.5 Å². The zero-order valence-electron chi connectivity index (χ0n) is 22.2. The van der Waals surface area contributed by atoms with Crippen molar-refractivity contribution in [2.45, 2.75) is 26.2 Å². The van der Waals surface area contributed by atoms with E-state index < -0.39 is 5.97 Å². The summed E-state index contributed by atoms with van der Waals surface area (Å²) in [5, 5.41) is 14.0. The maximum atomic E-state index is 12.3. The first-order chi connectivity index (χ1) is 19.1. The minimum atomic E-state index is -0.970. The van der Waals surface area contributed by atoms with Gasteiger partial charge in [0.2, 0.25) is 0 Å². The number of unbranched alkanes of at least 4 members (excludes halogenated alkanes) is 1. The van der Waals surface area contributed by atoms with Crippen LogP contribution in [-0.4, -0.2) is 22.6 Å². The van der Waals surface area contributed by atoms with E-state index in [2.05, 4.69) is 55.2 Å². The molecule has 0 aliphatic carbocycles. The molecule has 0 aliphatic rings. The standard InChI is InChI=1S/C35H32N2O2/c1-3-5-7-24-10-12-25(13-11-24)26-14-16-27(17-15-26)34-23-32(35(38)39)31-22-29(18-19-33(31)37-34)28-8-6-9-30(21-28)36-20-4-2/h4,6,8-19,21-23,36H,2-3,5,7,20H2,1H3,(H,38,39). The van der Waals surface area contributed by atoms with Crippen molar-refractivity contribution >= 4 is 22.6 Å². The maximum absolute atomic E-state index is 12.3. The van der Waals surface area contributed by atoms with E-state index in [0.717, 1.165) is 39.9 Å². The second-order valence-electron chi connectivity index (χ2n) is 9.72. The van der Waals surface area contributed by atoms with E-state index in [4.69, 9.17) is 4.98 Å². The Morgan fingerprint density at radius 3 is 2.21 bits per heavy atom. The number of pyridine rings is 1. The highest BCUT2D eigenvalue weighted by atomic mass is 16.4. The number of rotatable bonds is 10. The highest BCUT2D eigenvalue weighted by Gasteiger charge is 2.14. The van der Waals surface area contributed by atoms with Crippen LogP contribution in [-0.2, 0) is 6.42 Å². The maximum Gasteiger partial charge on any atom is 0.336 e. The van der Waals surface area contributed by atoms with Crippen LogP contribution in [0.5, 0.6) is 0 Å². The first-order valence-corrected chi connectivity index (χ1v) is 13.4. The molecule has 0 atom stereocenters. The van der Waals surface area contributed by atoms with E-state index in [1.54, 1.807) is 6.07 Å². The number of aromatic carboxylic acids is 1. The van der Waals surface area contributed by atoms with Crippen LogP contribution in [0.2, 0.25) is 0 Å². The predicted molar refractivity (Wildman–Crippen MR) is 162 cm³/mol. The average molecular weight is 513 g/mol. The molecule has 1 heterocycles. The van der Waals surface area contributed by atoms with Crippen LogP contribution in [0.4, 0.5) is 5.69 Å². The van der Waals surface area contributed by atoms with Gasteiger partial charge < -0.3 is 10.4 Å². The quantitative estimate of drug-likeness (QED) is 0.183. The molecule has 5 rings (SSSR count). The van der Waals surface area contributed by atoms with Crippen LogP contribution in [0.1, 0.15) is 35.7 Å². The van der Waals surface area contributed by atoms with Crippen LogP contribution in [0.15, 0.2) is 110 Å². The normalized spacial score (nSPS) is 10.9. The lowest BCUT2D eigenvalue weighted by Gasteiger charge is -2.11. The number of nitrogens with one attached hydrogen (secondary N) is 1. The molecule has 0 bridgehead atoms. The first kappa shape index (κ1) is 25.9. The van der Waals surface area contributed by atoms with Crippen molar-refractivity contribution in [2.24, 2.45) is 0 Å². The molecular weight excluding hydrogens is 480 g/mol. The topological polar surface area (TPSA) is 62.2 Å². The Bertz CT molecular complexity index is 1620. The second kappa shape index (κ2) is 11.8. The number of fused-ring (bicyclic) bond motifs is 1. The summed E-state index contributed by atoms with van der Waals surface area (Å²) in [7, 11) is 0. The van der Waals surface area contributed by atoms with Crippen LogP contribution in [0.3, 0.4) is 0 Å². The Hall–Kier alpha value is -4.70. The molecule has 4 heteroatoms. The fraction of sp³-hybridized carbons (Fsp3) is 0.143. The number of carbonyl (C=O) groups is 1. The third kappa shape index (κ3) is 5.91. The molecule has 0 fully saturated rings. The summed E-state index contributed by atoms with van der Waals surface area (Å²) in [5.41, 5.74) is 8.98. The van der Waals surface area contributed by atoms with Crippen molar-refractivity contribution in [3.05, 3.63) is 121 Å². The lowest BCUT2D eigenvalue weighted by Crippen LogP contribution is -2.01. The van der Waals surface area contributed by atoms with Gasteiger partial charge in [-0.05, 0) is 71.0 Å². The van der Waals surface area contributed by atoms with E-state index in [-0.39, 0.29) is 5.56 Å². The van der Waals surface area contributed by atoms with Crippen LogP contribution in [0.25, 0.3) is 44.4 Å². The molecule has 0 radical (unpaired) electrons. The fourth-order valence-electron chi connectivity index (χ4n) is 4.81. The monoisotopic (exact) mass is 512 g/mol. The zero-order valence-corrected chi connectivity index (χ0v) is 22.2. The zero-order chi connectivity index (χ0) is 27.2. The molecule has 4 aromatic carbocycles. The van der Waals surface area contributed by atoms with Gasteiger partial charge in [-0.1, -0.05) is 86.2 Å². The fourth-order valence-corrected chi connectivity index (χ4v) is 4.81. The molecule has 0 aliphatic heterocycles. The van der Waals surface area contributed by atoms with Gasteiger partial charge in [-0.3, -0.25) is 0 Å². The summed E-state index contributed by atoms with van der Waals surface area (Å²) in [6.45, 7) is 6.63. The molecule has 0 spiro atoms. The lowest BCUT2D eigenvalue weighted by atomic mass is 9.97. The molecule has 1 aromatic heterocycles. The third-order valence-electron chi connectivity index (χ3n) is 6.97. The van der Waals surface area contributed by atoms with E-state index in [1.807, 2.05) is 60.7 Å². The highest BCUT2D eigenvalue weighted by Crippen LogP contribution is 2.31. The minimum absolute atomic E-state index is 0.240. The summed E-state index contributed by atoms with van der Waals surface area (Å²) in [6.07, 6.45) is 5.31. The van der Waals surface area contributed by atoms with Gasteiger partial charge in [0.1, 0.15) is 0 Å². The Morgan fingerprint density at radius 2 is 1.51 bits per heavy atom. The number of hydrogen-bond acceptors (Lipinski definition) is 3. The number of benzene rings is 4. The van der Waals surface area contributed by atoms with Crippen molar-refractivity contribution in [3.63, 3.8) is 0 Å². The van der Waals surface area contributed by atoms with Crippen LogP contribution < -0.4 is 5.32 Å². The van der Waals surface area contributed by atoms with Crippen molar-refractivity contribution in [1.82, 2.24) is 4.98 Å². The Kier molecular flexibility index (Phi) is 7.83. The summed E-state index contributed by atoms with van der Waals surface area (Å²) in [6, 6.07) is 32.4. The summed E-state index contributed by atoms with van der Waals surface area (Å²) >= 11 is 0. The number of carboxylic acid groups (broad SMARTS) is 1. The van der Waals surface area contributed by atoms with Crippen LogP contribution in [0, 0.1) is 0 Å². The number of hydrogen-bond donors (Lipinski definition) is 2. The van der Waals surface area contributed by atoms with Crippen molar-refractivity contribution in [1.29, 1.82) is 0 Å². The molecule has 0 saturated heterocycles. The van der Waals surface area contributed by atoms with Gasteiger partial charge in [0.25, 0.3) is 0 Å². The lowest BCUT2D eigenvalue weighted by molar-refractivity contribution is 0.0699. The van der Waals surface area contributed by atoms with Crippen molar-refractivity contribution < 1.29 is 9.90 Å². The molecule has 0 amide bonds. The molecule has 0 saturated carbocycles. The van der Waals surface area contributed by atoms with E-state index >= 15 is 0 Å². The molecule has 194 valence electrons. The first-order valence-electron chi connectivity index (χ1n) is 13.4. The molecule has 2 N–H and O–H groups in total. The van der Waals surface area contributed by atoms with Gasteiger partial charge in [-0.25, -0.2) is 9.78 Å². The van der Waals surface area contributed by atoms with Crippen molar-refractivity contribution in [2.75, 3.05) is 11.9 Å². The minimum Gasteiger partial charge on any atom is -0.478 e. The average Bonchev–Trinajstić information content (AvgIpc) is 2.98. The number of carboxylic acids is 1. The van der Waals surface area contributed by atoms with Gasteiger partial charge in [0.05, 0.1) is 16.8 Å². The van der Waals surface area contributed by atoms with Gasteiger partial charge in [-0.2, -0.15) is 0 Å². The number of anilines is 1. The molecule has 4 nitrogen and oxygen atoms in total. The smallest absolute Gasteiger partial charge is 0.336 e. The Labute approximate surface area is 229 Å². The molecule has 39 heavy (non-hydrogen) atoms.